The number of hydrogen-bond acceptors (Lipinski definition) is 4. The lowest BCUT2D eigenvalue weighted by atomic mass is 9.96. The molecule has 0 aliphatic rings. The molecule has 0 saturated heterocycles. The van der Waals surface area contributed by atoms with E-state index in [0.29, 0.717) is 17.3 Å². The van der Waals surface area contributed by atoms with Crippen LogP contribution in [0.5, 0.6) is 0 Å². The lowest BCUT2D eigenvalue weighted by molar-refractivity contribution is 0.0983. The first-order valence-electron chi connectivity index (χ1n) is 5.88. The second-order valence-corrected chi connectivity index (χ2v) is 5.23. The molecule has 2 aromatic rings. The maximum atomic E-state index is 11.9. The molecule has 18 heavy (non-hydrogen) atoms. The second-order valence-electron chi connectivity index (χ2n) is 5.23. The highest BCUT2D eigenvalue weighted by Gasteiger charge is 2.21. The van der Waals surface area contributed by atoms with Gasteiger partial charge >= 0.3 is 0 Å². The number of ketones is 1. The van der Waals surface area contributed by atoms with E-state index >= 15 is 0 Å². The standard InChI is InChI=1S/C14H16N2O2/c1-14(2,3)13-15-12(18-16-13)9-11(17)10-7-5-4-6-8-10/h4-8H,9H2,1-3H3. The summed E-state index contributed by atoms with van der Waals surface area (Å²) in [6.45, 7) is 6.00. The van der Waals surface area contributed by atoms with Crippen molar-refractivity contribution in [1.82, 2.24) is 10.1 Å². The first-order chi connectivity index (χ1) is 8.47. The molecule has 0 bridgehead atoms. The van der Waals surface area contributed by atoms with Crippen molar-refractivity contribution in [3.63, 3.8) is 0 Å². The van der Waals surface area contributed by atoms with Crippen molar-refractivity contribution >= 4 is 5.78 Å². The summed E-state index contributed by atoms with van der Waals surface area (Å²) in [6, 6.07) is 9.11. The van der Waals surface area contributed by atoms with Crippen LogP contribution in [0.4, 0.5) is 0 Å². The number of Topliss-reactive ketones (excluding diaryl/α,β-unsaturated/α-hetero) is 1. The van der Waals surface area contributed by atoms with Gasteiger partial charge in [0.05, 0.1) is 6.42 Å². The fraction of sp³-hybridized carbons (Fsp3) is 0.357. The van der Waals surface area contributed by atoms with E-state index in [9.17, 15) is 4.79 Å². The molecule has 1 aromatic heterocycles. The zero-order valence-electron chi connectivity index (χ0n) is 10.8. The molecule has 0 saturated carbocycles. The highest BCUT2D eigenvalue weighted by atomic mass is 16.5. The summed E-state index contributed by atoms with van der Waals surface area (Å²) >= 11 is 0. The Balaban J connectivity index is 2.11. The lowest BCUT2D eigenvalue weighted by Crippen LogP contribution is -2.13. The van der Waals surface area contributed by atoms with Gasteiger partial charge in [-0.25, -0.2) is 0 Å². The van der Waals surface area contributed by atoms with Gasteiger partial charge in [0.25, 0.3) is 0 Å². The third-order valence-corrected chi connectivity index (χ3v) is 2.55. The van der Waals surface area contributed by atoms with Gasteiger partial charge in [-0.15, -0.1) is 0 Å². The maximum absolute atomic E-state index is 11.9. The summed E-state index contributed by atoms with van der Waals surface area (Å²) in [5.41, 5.74) is 0.491. The van der Waals surface area contributed by atoms with Gasteiger partial charge < -0.3 is 4.52 Å². The Kier molecular flexibility index (Phi) is 3.28. The smallest absolute Gasteiger partial charge is 0.234 e. The number of hydrogen-bond donors (Lipinski definition) is 0. The van der Waals surface area contributed by atoms with Crippen molar-refractivity contribution in [3.05, 3.63) is 47.6 Å². The Labute approximate surface area is 106 Å². The van der Waals surface area contributed by atoms with Gasteiger partial charge in [0.2, 0.25) is 5.89 Å². The van der Waals surface area contributed by atoms with Gasteiger partial charge in [-0.2, -0.15) is 4.98 Å². The van der Waals surface area contributed by atoms with E-state index in [1.165, 1.54) is 0 Å². The van der Waals surface area contributed by atoms with Crippen LogP contribution in [0.15, 0.2) is 34.9 Å². The maximum Gasteiger partial charge on any atom is 0.234 e. The number of rotatable bonds is 3. The Hall–Kier alpha value is -1.97. The quantitative estimate of drug-likeness (QED) is 0.779. The SMILES string of the molecule is CC(C)(C)c1noc(CC(=O)c2ccccc2)n1. The van der Waals surface area contributed by atoms with Gasteiger partial charge in [0.1, 0.15) is 0 Å². The van der Waals surface area contributed by atoms with Gasteiger partial charge in [0, 0.05) is 11.0 Å². The van der Waals surface area contributed by atoms with E-state index in [4.69, 9.17) is 4.52 Å². The first kappa shape index (κ1) is 12.5. The van der Waals surface area contributed by atoms with Crippen molar-refractivity contribution in [1.29, 1.82) is 0 Å². The van der Waals surface area contributed by atoms with Crippen LogP contribution in [0.3, 0.4) is 0 Å². The van der Waals surface area contributed by atoms with E-state index in [2.05, 4.69) is 10.1 Å². The van der Waals surface area contributed by atoms with E-state index in [0.717, 1.165) is 0 Å². The van der Waals surface area contributed by atoms with E-state index in [-0.39, 0.29) is 17.6 Å². The lowest BCUT2D eigenvalue weighted by Gasteiger charge is -2.10. The summed E-state index contributed by atoms with van der Waals surface area (Å²) < 4.78 is 5.10. The highest BCUT2D eigenvalue weighted by Crippen LogP contribution is 2.18. The van der Waals surface area contributed by atoms with Gasteiger partial charge in [-0.1, -0.05) is 56.3 Å². The van der Waals surface area contributed by atoms with Crippen molar-refractivity contribution in [2.45, 2.75) is 32.6 Å². The second kappa shape index (κ2) is 4.72. The van der Waals surface area contributed by atoms with E-state index in [1.807, 2.05) is 39.0 Å². The van der Waals surface area contributed by atoms with Crippen LogP contribution in [0.1, 0.15) is 42.8 Å². The fourth-order valence-electron chi connectivity index (χ4n) is 1.49. The summed E-state index contributed by atoms with van der Waals surface area (Å²) in [5.74, 6) is 0.979. The Morgan fingerprint density at radius 3 is 2.44 bits per heavy atom. The summed E-state index contributed by atoms with van der Waals surface area (Å²) in [6.07, 6.45) is 0.146. The van der Waals surface area contributed by atoms with E-state index in [1.54, 1.807) is 12.1 Å². The molecule has 0 fully saturated rings. The van der Waals surface area contributed by atoms with Crippen LogP contribution >= 0.6 is 0 Å². The van der Waals surface area contributed by atoms with Gasteiger partial charge in [-0.3, -0.25) is 4.79 Å². The molecular weight excluding hydrogens is 228 g/mol. The molecule has 0 aliphatic heterocycles. The van der Waals surface area contributed by atoms with Crippen LogP contribution in [-0.4, -0.2) is 15.9 Å². The first-order valence-corrected chi connectivity index (χ1v) is 5.88. The molecule has 0 spiro atoms. The molecule has 0 radical (unpaired) electrons. The zero-order valence-corrected chi connectivity index (χ0v) is 10.8. The molecule has 0 unspecified atom stereocenters. The monoisotopic (exact) mass is 244 g/mol. The Bertz CT molecular complexity index is 538. The van der Waals surface area contributed by atoms with Crippen molar-refractivity contribution in [2.24, 2.45) is 0 Å². The zero-order chi connectivity index (χ0) is 13.2. The van der Waals surface area contributed by atoms with Crippen molar-refractivity contribution in [2.75, 3.05) is 0 Å². The summed E-state index contributed by atoms with van der Waals surface area (Å²) in [5, 5.41) is 3.90. The number of nitrogens with zero attached hydrogens (tertiary/aromatic N) is 2. The van der Waals surface area contributed by atoms with Crippen LogP contribution < -0.4 is 0 Å². The van der Waals surface area contributed by atoms with Crippen LogP contribution in [-0.2, 0) is 11.8 Å². The molecular formula is C14H16N2O2. The van der Waals surface area contributed by atoms with Gasteiger partial charge in [-0.05, 0) is 0 Å². The number of aromatic nitrogens is 2. The molecule has 0 amide bonds. The predicted octanol–water partition coefficient (Wildman–Crippen LogP) is 2.79. The summed E-state index contributed by atoms with van der Waals surface area (Å²) in [7, 11) is 0. The number of carbonyl (C=O) groups excluding carboxylic acids is 1. The van der Waals surface area contributed by atoms with Gasteiger partial charge in [0.15, 0.2) is 11.6 Å². The molecule has 94 valence electrons. The third kappa shape index (κ3) is 2.83. The van der Waals surface area contributed by atoms with Crippen LogP contribution in [0.2, 0.25) is 0 Å². The van der Waals surface area contributed by atoms with Crippen LogP contribution in [0.25, 0.3) is 0 Å². The third-order valence-electron chi connectivity index (χ3n) is 2.55. The van der Waals surface area contributed by atoms with Crippen molar-refractivity contribution in [3.8, 4) is 0 Å². The Morgan fingerprint density at radius 1 is 1.22 bits per heavy atom. The number of carbonyl (C=O) groups is 1. The molecule has 1 heterocycles. The molecule has 2 rings (SSSR count). The molecule has 4 nitrogen and oxygen atoms in total. The molecule has 0 N–H and O–H groups in total. The Morgan fingerprint density at radius 2 is 1.89 bits per heavy atom. The molecule has 4 heteroatoms. The number of benzene rings is 1. The van der Waals surface area contributed by atoms with E-state index < -0.39 is 0 Å². The largest absolute Gasteiger partial charge is 0.339 e. The average molecular weight is 244 g/mol. The highest BCUT2D eigenvalue weighted by molar-refractivity contribution is 5.96. The minimum Gasteiger partial charge on any atom is -0.339 e. The fourth-order valence-corrected chi connectivity index (χ4v) is 1.49. The minimum atomic E-state index is -0.169. The summed E-state index contributed by atoms with van der Waals surface area (Å²) in [4.78, 5) is 16.2. The normalized spacial score (nSPS) is 11.5. The van der Waals surface area contributed by atoms with Crippen LogP contribution in [0, 0.1) is 0 Å². The molecule has 1 aromatic carbocycles. The molecule has 0 aliphatic carbocycles. The molecule has 0 atom stereocenters. The predicted molar refractivity (Wildman–Crippen MR) is 67.5 cm³/mol. The topological polar surface area (TPSA) is 56.0 Å². The van der Waals surface area contributed by atoms with Crippen molar-refractivity contribution < 1.29 is 9.32 Å². The average Bonchev–Trinajstić information content (AvgIpc) is 2.78. The minimum absolute atomic E-state index is 0.0142.